The number of aromatic nitrogens is 1. The molecule has 1 saturated heterocycles. The molecule has 2 atom stereocenters. The monoisotopic (exact) mass is 280 g/mol. The minimum Gasteiger partial charge on any atom is -0.388 e. The Kier molecular flexibility index (Phi) is 3.50. The summed E-state index contributed by atoms with van der Waals surface area (Å²) >= 11 is 0. The van der Waals surface area contributed by atoms with E-state index in [1.54, 1.807) is 0 Å². The van der Waals surface area contributed by atoms with E-state index in [-0.39, 0.29) is 25.3 Å². The molecule has 1 fully saturated rings. The molecular formula is C11H12F4N2O2. The van der Waals surface area contributed by atoms with Gasteiger partial charge in [-0.05, 0) is 12.5 Å². The Morgan fingerprint density at radius 2 is 2.16 bits per heavy atom. The number of hydrogen-bond acceptors (Lipinski definition) is 4. The van der Waals surface area contributed by atoms with Crippen LogP contribution >= 0.6 is 0 Å². The van der Waals surface area contributed by atoms with E-state index in [1.807, 2.05) is 0 Å². The molecule has 8 heteroatoms. The van der Waals surface area contributed by atoms with Gasteiger partial charge in [0.05, 0.1) is 23.4 Å². The van der Waals surface area contributed by atoms with Crippen LogP contribution in [0, 0.1) is 5.82 Å². The van der Waals surface area contributed by atoms with Gasteiger partial charge in [-0.1, -0.05) is 0 Å². The summed E-state index contributed by atoms with van der Waals surface area (Å²) < 4.78 is 56.0. The molecule has 2 unspecified atom stereocenters. The molecule has 0 aromatic carbocycles. The number of nitrogens with two attached hydrogens (primary N) is 1. The fourth-order valence-corrected chi connectivity index (χ4v) is 1.96. The zero-order valence-electron chi connectivity index (χ0n) is 9.75. The maximum Gasteiger partial charge on any atom is 0.417 e. The van der Waals surface area contributed by atoms with Crippen molar-refractivity contribution >= 4 is 0 Å². The first-order valence-corrected chi connectivity index (χ1v) is 5.53. The Morgan fingerprint density at radius 3 is 2.68 bits per heavy atom. The van der Waals surface area contributed by atoms with Crippen molar-refractivity contribution in [3.05, 3.63) is 29.3 Å². The highest BCUT2D eigenvalue weighted by Gasteiger charge is 2.42. The van der Waals surface area contributed by atoms with E-state index in [0.717, 1.165) is 0 Å². The smallest absolute Gasteiger partial charge is 0.388 e. The van der Waals surface area contributed by atoms with Crippen LogP contribution in [0.2, 0.25) is 0 Å². The van der Waals surface area contributed by atoms with Gasteiger partial charge in [-0.25, -0.2) is 4.39 Å². The summed E-state index contributed by atoms with van der Waals surface area (Å²) in [5, 5.41) is 9.76. The molecule has 3 N–H and O–H groups in total. The van der Waals surface area contributed by atoms with Gasteiger partial charge in [-0.15, -0.1) is 0 Å². The standard InChI is InChI=1S/C11H12F4N2O2/c12-7-3-6(11(13,14)15)4-17-9(7)10(16)1-2-19-5-8(10)18/h3-4,8,18H,1-2,5,16H2. The summed E-state index contributed by atoms with van der Waals surface area (Å²) in [5.41, 5.74) is 2.76. The van der Waals surface area contributed by atoms with Gasteiger partial charge in [0, 0.05) is 12.8 Å². The zero-order valence-corrected chi connectivity index (χ0v) is 9.75. The number of nitrogens with zero attached hydrogens (tertiary/aromatic N) is 1. The van der Waals surface area contributed by atoms with Crippen molar-refractivity contribution < 1.29 is 27.4 Å². The van der Waals surface area contributed by atoms with Crippen molar-refractivity contribution in [1.82, 2.24) is 4.98 Å². The maximum absolute atomic E-state index is 13.8. The van der Waals surface area contributed by atoms with Crippen molar-refractivity contribution in [1.29, 1.82) is 0 Å². The van der Waals surface area contributed by atoms with Crippen molar-refractivity contribution in [2.24, 2.45) is 5.73 Å². The molecule has 4 nitrogen and oxygen atoms in total. The molecule has 0 radical (unpaired) electrons. The highest BCUT2D eigenvalue weighted by atomic mass is 19.4. The Labute approximate surface area is 106 Å². The molecule has 2 heterocycles. The van der Waals surface area contributed by atoms with E-state index >= 15 is 0 Å². The predicted molar refractivity (Wildman–Crippen MR) is 56.5 cm³/mol. The fraction of sp³-hybridized carbons (Fsp3) is 0.545. The third-order valence-corrected chi connectivity index (χ3v) is 3.14. The molecule has 0 amide bonds. The van der Waals surface area contributed by atoms with Gasteiger partial charge < -0.3 is 15.6 Å². The highest BCUT2D eigenvalue weighted by Crippen LogP contribution is 2.34. The molecule has 2 rings (SSSR count). The van der Waals surface area contributed by atoms with Crippen LogP contribution in [-0.2, 0) is 16.5 Å². The van der Waals surface area contributed by atoms with Gasteiger partial charge in [0.25, 0.3) is 0 Å². The maximum atomic E-state index is 13.8. The minimum atomic E-state index is -4.68. The van der Waals surface area contributed by atoms with Crippen LogP contribution in [0.1, 0.15) is 17.7 Å². The van der Waals surface area contributed by atoms with E-state index in [2.05, 4.69) is 4.98 Å². The van der Waals surface area contributed by atoms with E-state index in [1.165, 1.54) is 0 Å². The lowest BCUT2D eigenvalue weighted by molar-refractivity contribution is -0.138. The molecule has 1 aliphatic rings. The highest BCUT2D eigenvalue weighted by molar-refractivity contribution is 5.25. The van der Waals surface area contributed by atoms with E-state index in [4.69, 9.17) is 10.5 Å². The quantitative estimate of drug-likeness (QED) is 0.758. The second kappa shape index (κ2) is 4.69. The summed E-state index contributed by atoms with van der Waals surface area (Å²) in [7, 11) is 0. The van der Waals surface area contributed by atoms with E-state index < -0.39 is 29.2 Å². The van der Waals surface area contributed by atoms with Gasteiger partial charge in [-0.3, -0.25) is 4.98 Å². The van der Waals surface area contributed by atoms with E-state index in [0.29, 0.717) is 12.3 Å². The van der Waals surface area contributed by atoms with Crippen LogP contribution in [0.3, 0.4) is 0 Å². The molecule has 0 spiro atoms. The third-order valence-electron chi connectivity index (χ3n) is 3.14. The van der Waals surface area contributed by atoms with Crippen LogP contribution < -0.4 is 5.73 Å². The molecule has 0 aliphatic carbocycles. The van der Waals surface area contributed by atoms with Crippen LogP contribution in [0.5, 0.6) is 0 Å². The number of halogens is 4. The van der Waals surface area contributed by atoms with E-state index in [9.17, 15) is 22.7 Å². The first kappa shape index (κ1) is 14.2. The molecule has 0 saturated carbocycles. The van der Waals surface area contributed by atoms with Crippen molar-refractivity contribution in [3.8, 4) is 0 Å². The third kappa shape index (κ3) is 2.56. The molecule has 1 aliphatic heterocycles. The lowest BCUT2D eigenvalue weighted by atomic mass is 9.84. The Bertz CT molecular complexity index is 480. The number of rotatable bonds is 1. The van der Waals surface area contributed by atoms with Crippen LogP contribution in [0.4, 0.5) is 17.6 Å². The predicted octanol–water partition coefficient (Wildman–Crippen LogP) is 1.17. The van der Waals surface area contributed by atoms with Gasteiger partial charge in [0.1, 0.15) is 11.9 Å². The number of ether oxygens (including phenoxy) is 1. The zero-order chi connectivity index (χ0) is 14.3. The van der Waals surface area contributed by atoms with Crippen molar-refractivity contribution in [2.75, 3.05) is 13.2 Å². The Balaban J connectivity index is 2.41. The van der Waals surface area contributed by atoms with Crippen LogP contribution in [-0.4, -0.2) is 29.4 Å². The first-order valence-electron chi connectivity index (χ1n) is 5.53. The molecule has 19 heavy (non-hydrogen) atoms. The average Bonchev–Trinajstić information content (AvgIpc) is 2.31. The number of aliphatic hydroxyl groups excluding tert-OH is 1. The molecular weight excluding hydrogens is 268 g/mol. The Morgan fingerprint density at radius 1 is 1.47 bits per heavy atom. The largest absolute Gasteiger partial charge is 0.417 e. The summed E-state index contributed by atoms with van der Waals surface area (Å²) in [6, 6.07) is 0.332. The number of pyridine rings is 1. The Hall–Kier alpha value is -1.25. The number of alkyl halides is 3. The average molecular weight is 280 g/mol. The number of hydrogen-bond donors (Lipinski definition) is 2. The second-order valence-corrected chi connectivity index (χ2v) is 4.43. The van der Waals surface area contributed by atoms with Crippen LogP contribution in [0.15, 0.2) is 12.3 Å². The second-order valence-electron chi connectivity index (χ2n) is 4.43. The summed E-state index contributed by atoms with van der Waals surface area (Å²) in [5.74, 6) is -1.18. The van der Waals surface area contributed by atoms with Gasteiger partial charge >= 0.3 is 6.18 Å². The SMILES string of the molecule is NC1(c2ncc(C(F)(F)F)cc2F)CCOCC1O. The normalized spacial score (nSPS) is 28.4. The molecule has 1 aromatic heterocycles. The van der Waals surface area contributed by atoms with Gasteiger partial charge in [0.15, 0.2) is 0 Å². The summed E-state index contributed by atoms with van der Waals surface area (Å²) in [6.07, 6.45) is -5.32. The van der Waals surface area contributed by atoms with Gasteiger partial charge in [0.2, 0.25) is 0 Å². The molecule has 0 bridgehead atoms. The summed E-state index contributed by atoms with van der Waals surface area (Å²) in [6.45, 7) is 0.0638. The minimum absolute atomic E-state index is 0.0729. The van der Waals surface area contributed by atoms with Crippen molar-refractivity contribution in [3.63, 3.8) is 0 Å². The lowest BCUT2D eigenvalue weighted by Gasteiger charge is -2.37. The summed E-state index contributed by atoms with van der Waals surface area (Å²) in [4.78, 5) is 3.45. The molecule has 106 valence electrons. The first-order chi connectivity index (χ1) is 8.75. The molecule has 1 aromatic rings. The number of aliphatic hydroxyl groups is 1. The van der Waals surface area contributed by atoms with Crippen molar-refractivity contribution in [2.45, 2.75) is 24.2 Å². The topological polar surface area (TPSA) is 68.4 Å². The van der Waals surface area contributed by atoms with Crippen LogP contribution in [0.25, 0.3) is 0 Å². The fourth-order valence-electron chi connectivity index (χ4n) is 1.96. The lowest BCUT2D eigenvalue weighted by Crippen LogP contribution is -2.54. The van der Waals surface area contributed by atoms with Gasteiger partial charge in [-0.2, -0.15) is 13.2 Å².